The number of hydrogen-bond donors (Lipinski definition) is 5. The molecule has 1 aliphatic heterocycles. The predicted octanol–water partition coefficient (Wildman–Crippen LogP) is -0.504. The van der Waals surface area contributed by atoms with Crippen LogP contribution in [0.2, 0.25) is 0 Å². The highest BCUT2D eigenvalue weighted by Gasteiger charge is 2.42. The Morgan fingerprint density at radius 3 is 2.30 bits per heavy atom. The maximum absolute atomic E-state index is 10.9. The Kier molecular flexibility index (Phi) is 4.56. The average Bonchev–Trinajstić information content (AvgIpc) is 2.68. The van der Waals surface area contributed by atoms with Crippen molar-refractivity contribution in [2.24, 2.45) is 0 Å². The van der Waals surface area contributed by atoms with Gasteiger partial charge in [-0.15, -0.1) is 0 Å². The summed E-state index contributed by atoms with van der Waals surface area (Å²) in [6.45, 7) is 1.06. The van der Waals surface area contributed by atoms with E-state index in [1.807, 2.05) is 0 Å². The fourth-order valence-corrected chi connectivity index (χ4v) is 2.04. The van der Waals surface area contributed by atoms with Crippen molar-refractivity contribution >= 4 is 17.3 Å². The number of carbonyl (C=O) groups excluding carboxylic acids is 1. The van der Waals surface area contributed by atoms with Crippen LogP contribution in [0.3, 0.4) is 0 Å². The summed E-state index contributed by atoms with van der Waals surface area (Å²) in [6.07, 6.45) is -3.85. The molecule has 0 aliphatic carbocycles. The molecular formula is C13H18N2O5. The van der Waals surface area contributed by atoms with Gasteiger partial charge in [0.1, 0.15) is 18.3 Å². The monoisotopic (exact) mass is 282 g/mol. The molecule has 4 atom stereocenters. The molecule has 1 aromatic rings. The van der Waals surface area contributed by atoms with Gasteiger partial charge in [0, 0.05) is 18.3 Å². The Balaban J connectivity index is 1.98. The third-order valence-electron chi connectivity index (χ3n) is 3.06. The standard InChI is InChI=1S/C13H18N2O5/c1-7(17)14-8-2-4-9(5-3-8)15-13-12(19)11(18)10(6-16)20-13/h2-5,10-13,15-16,18-19H,6H2,1H3,(H,14,17). The summed E-state index contributed by atoms with van der Waals surface area (Å²) >= 11 is 0. The minimum atomic E-state index is -1.13. The third kappa shape index (κ3) is 3.26. The highest BCUT2D eigenvalue weighted by molar-refractivity contribution is 5.88. The van der Waals surface area contributed by atoms with Crippen molar-refractivity contribution in [3.05, 3.63) is 24.3 Å². The lowest BCUT2D eigenvalue weighted by Gasteiger charge is -2.17. The summed E-state index contributed by atoms with van der Waals surface area (Å²) in [5, 5.41) is 34.0. The Labute approximate surface area is 116 Å². The van der Waals surface area contributed by atoms with Gasteiger partial charge in [-0.05, 0) is 24.3 Å². The van der Waals surface area contributed by atoms with Crippen LogP contribution in [0.25, 0.3) is 0 Å². The van der Waals surface area contributed by atoms with Gasteiger partial charge in [0.05, 0.1) is 6.61 Å². The maximum atomic E-state index is 10.9. The smallest absolute Gasteiger partial charge is 0.221 e. The molecule has 0 bridgehead atoms. The summed E-state index contributed by atoms with van der Waals surface area (Å²) < 4.78 is 5.30. The maximum Gasteiger partial charge on any atom is 0.221 e. The van der Waals surface area contributed by atoms with Crippen molar-refractivity contribution in [2.75, 3.05) is 17.2 Å². The summed E-state index contributed by atoms with van der Waals surface area (Å²) in [6, 6.07) is 6.82. The van der Waals surface area contributed by atoms with E-state index in [1.165, 1.54) is 6.92 Å². The number of rotatable bonds is 4. The number of aliphatic hydroxyl groups excluding tert-OH is 3. The number of nitrogens with one attached hydrogen (secondary N) is 2. The van der Waals surface area contributed by atoms with Gasteiger partial charge < -0.3 is 30.7 Å². The first kappa shape index (κ1) is 14.7. The number of ether oxygens (including phenoxy) is 1. The summed E-state index contributed by atoms with van der Waals surface area (Å²) in [7, 11) is 0. The first-order chi connectivity index (χ1) is 9.51. The van der Waals surface area contributed by atoms with Crippen molar-refractivity contribution in [3.8, 4) is 0 Å². The second kappa shape index (κ2) is 6.19. The van der Waals surface area contributed by atoms with Gasteiger partial charge in [0.15, 0.2) is 6.23 Å². The van der Waals surface area contributed by atoms with Crippen LogP contribution in [0.15, 0.2) is 24.3 Å². The second-order valence-corrected chi connectivity index (χ2v) is 4.66. The number of amides is 1. The first-order valence-electron chi connectivity index (χ1n) is 6.28. The zero-order valence-corrected chi connectivity index (χ0v) is 11.0. The van der Waals surface area contributed by atoms with E-state index in [-0.39, 0.29) is 12.5 Å². The van der Waals surface area contributed by atoms with E-state index in [0.29, 0.717) is 11.4 Å². The second-order valence-electron chi connectivity index (χ2n) is 4.66. The first-order valence-corrected chi connectivity index (χ1v) is 6.28. The molecule has 2 rings (SSSR count). The molecular weight excluding hydrogens is 264 g/mol. The van der Waals surface area contributed by atoms with Gasteiger partial charge in [-0.1, -0.05) is 0 Å². The zero-order chi connectivity index (χ0) is 14.7. The average molecular weight is 282 g/mol. The molecule has 0 spiro atoms. The van der Waals surface area contributed by atoms with Gasteiger partial charge in [-0.3, -0.25) is 4.79 Å². The van der Waals surface area contributed by atoms with Crippen LogP contribution in [0, 0.1) is 0 Å². The lowest BCUT2D eigenvalue weighted by Crippen LogP contribution is -2.36. The van der Waals surface area contributed by atoms with Crippen LogP contribution in [0.1, 0.15) is 6.92 Å². The van der Waals surface area contributed by atoms with Crippen LogP contribution in [0.5, 0.6) is 0 Å². The van der Waals surface area contributed by atoms with Gasteiger partial charge >= 0.3 is 0 Å². The number of aliphatic hydroxyl groups is 3. The van der Waals surface area contributed by atoms with E-state index in [9.17, 15) is 15.0 Å². The minimum absolute atomic E-state index is 0.158. The summed E-state index contributed by atoms with van der Waals surface area (Å²) in [5.41, 5.74) is 1.32. The highest BCUT2D eigenvalue weighted by Crippen LogP contribution is 2.23. The molecule has 0 saturated carbocycles. The van der Waals surface area contributed by atoms with E-state index >= 15 is 0 Å². The lowest BCUT2D eigenvalue weighted by atomic mass is 10.1. The quantitative estimate of drug-likeness (QED) is 0.509. The van der Waals surface area contributed by atoms with Crippen LogP contribution in [-0.2, 0) is 9.53 Å². The SMILES string of the molecule is CC(=O)Nc1ccc(NC2OC(CO)C(O)C2O)cc1. The van der Waals surface area contributed by atoms with Crippen molar-refractivity contribution in [2.45, 2.75) is 31.5 Å². The molecule has 110 valence electrons. The topological polar surface area (TPSA) is 111 Å². The molecule has 5 N–H and O–H groups in total. The molecule has 1 saturated heterocycles. The molecule has 1 aliphatic rings. The van der Waals surface area contributed by atoms with Crippen LogP contribution in [-0.4, -0.2) is 52.4 Å². The van der Waals surface area contributed by atoms with Gasteiger partial charge in [0.25, 0.3) is 0 Å². The van der Waals surface area contributed by atoms with E-state index in [1.54, 1.807) is 24.3 Å². The fourth-order valence-electron chi connectivity index (χ4n) is 2.04. The molecule has 1 fully saturated rings. The van der Waals surface area contributed by atoms with Crippen molar-refractivity contribution < 1.29 is 24.9 Å². The normalized spacial score (nSPS) is 29.2. The number of hydrogen-bond acceptors (Lipinski definition) is 6. The molecule has 7 nitrogen and oxygen atoms in total. The van der Waals surface area contributed by atoms with Crippen LogP contribution < -0.4 is 10.6 Å². The van der Waals surface area contributed by atoms with E-state index in [4.69, 9.17) is 9.84 Å². The summed E-state index contributed by atoms with van der Waals surface area (Å²) in [5.74, 6) is -0.158. The minimum Gasteiger partial charge on any atom is -0.394 e. The molecule has 1 amide bonds. The number of carbonyl (C=O) groups is 1. The molecule has 20 heavy (non-hydrogen) atoms. The van der Waals surface area contributed by atoms with Gasteiger partial charge in [-0.25, -0.2) is 0 Å². The highest BCUT2D eigenvalue weighted by atomic mass is 16.6. The Morgan fingerprint density at radius 2 is 1.80 bits per heavy atom. The number of benzene rings is 1. The van der Waals surface area contributed by atoms with Gasteiger partial charge in [-0.2, -0.15) is 0 Å². The molecule has 0 radical (unpaired) electrons. The lowest BCUT2D eigenvalue weighted by molar-refractivity contribution is -0.114. The zero-order valence-electron chi connectivity index (χ0n) is 11.0. The van der Waals surface area contributed by atoms with Gasteiger partial charge in [0.2, 0.25) is 5.91 Å². The molecule has 4 unspecified atom stereocenters. The van der Waals surface area contributed by atoms with Crippen molar-refractivity contribution in [1.82, 2.24) is 0 Å². The molecule has 0 aromatic heterocycles. The predicted molar refractivity (Wildman–Crippen MR) is 72.1 cm³/mol. The van der Waals surface area contributed by atoms with E-state index in [0.717, 1.165) is 0 Å². The largest absolute Gasteiger partial charge is 0.394 e. The Bertz CT molecular complexity index is 464. The van der Waals surface area contributed by atoms with Crippen molar-refractivity contribution in [3.63, 3.8) is 0 Å². The third-order valence-corrected chi connectivity index (χ3v) is 3.06. The molecule has 7 heteroatoms. The van der Waals surface area contributed by atoms with E-state index < -0.39 is 24.5 Å². The molecule has 1 heterocycles. The Hall–Kier alpha value is -1.67. The van der Waals surface area contributed by atoms with E-state index in [2.05, 4.69) is 10.6 Å². The molecule has 1 aromatic carbocycles. The van der Waals surface area contributed by atoms with Crippen LogP contribution in [0.4, 0.5) is 11.4 Å². The van der Waals surface area contributed by atoms with Crippen LogP contribution >= 0.6 is 0 Å². The fraction of sp³-hybridized carbons (Fsp3) is 0.462. The Morgan fingerprint density at radius 1 is 1.20 bits per heavy atom. The van der Waals surface area contributed by atoms with Crippen molar-refractivity contribution in [1.29, 1.82) is 0 Å². The summed E-state index contributed by atoms with van der Waals surface area (Å²) in [4.78, 5) is 10.9. The number of anilines is 2.